The van der Waals surface area contributed by atoms with Gasteiger partial charge in [-0.25, -0.2) is 4.68 Å². The second-order valence-electron chi connectivity index (χ2n) is 3.88. The van der Waals surface area contributed by atoms with Gasteiger partial charge < -0.3 is 5.11 Å². The molecular formula is C9H14N4O2S. The Morgan fingerprint density at radius 2 is 2.19 bits per heavy atom. The molecule has 1 heterocycles. The lowest BCUT2D eigenvalue weighted by atomic mass is 9.96. The Kier molecular flexibility index (Phi) is 3.76. The fraction of sp³-hybridized carbons (Fsp3) is 0.778. The van der Waals surface area contributed by atoms with Gasteiger partial charge in [-0.2, -0.15) is 0 Å². The summed E-state index contributed by atoms with van der Waals surface area (Å²) in [6.45, 7) is 0. The maximum absolute atomic E-state index is 10.5. The summed E-state index contributed by atoms with van der Waals surface area (Å²) in [5.41, 5.74) is 0. The van der Waals surface area contributed by atoms with Crippen molar-refractivity contribution in [3.63, 3.8) is 0 Å². The van der Waals surface area contributed by atoms with Crippen LogP contribution in [-0.4, -0.2) is 37.0 Å². The highest BCUT2D eigenvalue weighted by Gasteiger charge is 2.20. The largest absolute Gasteiger partial charge is 0.481 e. The van der Waals surface area contributed by atoms with Crippen LogP contribution in [0.25, 0.3) is 0 Å². The van der Waals surface area contributed by atoms with Crippen LogP contribution >= 0.6 is 11.8 Å². The number of hydrogen-bond acceptors (Lipinski definition) is 5. The number of aliphatic carboxylic acids is 1. The molecule has 6 nitrogen and oxygen atoms in total. The van der Waals surface area contributed by atoms with Gasteiger partial charge in [0.25, 0.3) is 0 Å². The van der Waals surface area contributed by atoms with Gasteiger partial charge in [0.2, 0.25) is 5.16 Å². The van der Waals surface area contributed by atoms with E-state index in [4.69, 9.17) is 5.11 Å². The summed E-state index contributed by atoms with van der Waals surface area (Å²) >= 11 is 1.18. The van der Waals surface area contributed by atoms with E-state index in [9.17, 15) is 4.79 Å². The van der Waals surface area contributed by atoms with Crippen LogP contribution in [-0.2, 0) is 4.79 Å². The van der Waals surface area contributed by atoms with E-state index < -0.39 is 5.97 Å². The Balaban J connectivity index is 2.02. The number of aromatic nitrogens is 4. The molecule has 0 spiro atoms. The maximum atomic E-state index is 10.5. The van der Waals surface area contributed by atoms with Gasteiger partial charge in [-0.1, -0.05) is 31.0 Å². The second kappa shape index (κ2) is 5.29. The normalized spacial score (nSPS) is 17.5. The van der Waals surface area contributed by atoms with Gasteiger partial charge in [0, 0.05) is 0 Å². The van der Waals surface area contributed by atoms with Gasteiger partial charge in [0.05, 0.1) is 11.8 Å². The van der Waals surface area contributed by atoms with E-state index in [0.29, 0.717) is 11.2 Å². The van der Waals surface area contributed by atoms with Crippen molar-refractivity contribution in [1.82, 2.24) is 20.2 Å². The first-order chi connectivity index (χ1) is 7.77. The van der Waals surface area contributed by atoms with E-state index in [-0.39, 0.29) is 5.75 Å². The standard InChI is InChI=1S/C9H14N4O2S/c14-8(15)6-16-9-10-11-12-13(9)7-4-2-1-3-5-7/h7H,1-6H2,(H,14,15). The molecule has 1 saturated carbocycles. The van der Waals surface area contributed by atoms with E-state index in [1.54, 1.807) is 4.68 Å². The molecule has 2 rings (SSSR count). The smallest absolute Gasteiger partial charge is 0.313 e. The van der Waals surface area contributed by atoms with Crippen molar-refractivity contribution in [2.24, 2.45) is 0 Å². The summed E-state index contributed by atoms with van der Waals surface area (Å²) in [4.78, 5) is 10.5. The summed E-state index contributed by atoms with van der Waals surface area (Å²) in [5, 5.41) is 20.7. The summed E-state index contributed by atoms with van der Waals surface area (Å²) in [5.74, 6) is -0.837. The number of tetrazole rings is 1. The highest BCUT2D eigenvalue weighted by molar-refractivity contribution is 7.99. The van der Waals surface area contributed by atoms with Crippen molar-refractivity contribution in [3.8, 4) is 0 Å². The van der Waals surface area contributed by atoms with Crippen molar-refractivity contribution in [2.45, 2.75) is 43.3 Å². The van der Waals surface area contributed by atoms with Crippen LogP contribution in [0.15, 0.2) is 5.16 Å². The molecule has 7 heteroatoms. The van der Waals surface area contributed by atoms with Crippen LogP contribution in [0.4, 0.5) is 0 Å². The molecule has 0 atom stereocenters. The maximum Gasteiger partial charge on any atom is 0.313 e. The minimum Gasteiger partial charge on any atom is -0.481 e. The SMILES string of the molecule is O=C(O)CSc1nnnn1C1CCCCC1. The molecule has 0 aromatic carbocycles. The highest BCUT2D eigenvalue weighted by Crippen LogP contribution is 2.29. The zero-order chi connectivity index (χ0) is 11.4. The lowest BCUT2D eigenvalue weighted by Crippen LogP contribution is -2.15. The molecule has 0 amide bonds. The first-order valence-corrected chi connectivity index (χ1v) is 6.38. The third-order valence-corrected chi connectivity index (χ3v) is 3.63. The molecule has 1 fully saturated rings. The molecule has 1 N–H and O–H groups in total. The molecule has 16 heavy (non-hydrogen) atoms. The van der Waals surface area contributed by atoms with Crippen molar-refractivity contribution in [1.29, 1.82) is 0 Å². The van der Waals surface area contributed by atoms with E-state index in [1.165, 1.54) is 31.0 Å². The molecule has 0 radical (unpaired) electrons. The van der Waals surface area contributed by atoms with E-state index >= 15 is 0 Å². The van der Waals surface area contributed by atoms with E-state index in [1.807, 2.05) is 0 Å². The van der Waals surface area contributed by atoms with E-state index in [2.05, 4.69) is 15.5 Å². The Morgan fingerprint density at radius 1 is 1.44 bits per heavy atom. The molecule has 0 bridgehead atoms. The number of carbonyl (C=O) groups is 1. The van der Waals surface area contributed by atoms with Crippen molar-refractivity contribution < 1.29 is 9.90 Å². The summed E-state index contributed by atoms with van der Waals surface area (Å²) in [6, 6.07) is 0.347. The van der Waals surface area contributed by atoms with Gasteiger partial charge in [0.1, 0.15) is 0 Å². The summed E-state index contributed by atoms with van der Waals surface area (Å²) in [7, 11) is 0. The predicted octanol–water partition coefficient (Wildman–Crippen LogP) is 1.35. The number of nitrogens with zero attached hydrogens (tertiary/aromatic N) is 4. The van der Waals surface area contributed by atoms with Gasteiger partial charge in [-0.3, -0.25) is 4.79 Å². The molecule has 0 saturated heterocycles. The average molecular weight is 242 g/mol. The molecule has 1 aliphatic rings. The summed E-state index contributed by atoms with van der Waals surface area (Å²) in [6.07, 6.45) is 5.86. The minimum atomic E-state index is -0.844. The molecule has 1 aliphatic carbocycles. The van der Waals surface area contributed by atoms with Crippen molar-refractivity contribution in [2.75, 3.05) is 5.75 Å². The van der Waals surface area contributed by atoms with Gasteiger partial charge in [0.15, 0.2) is 0 Å². The van der Waals surface area contributed by atoms with Gasteiger partial charge in [-0.05, 0) is 23.3 Å². The number of carboxylic acid groups (broad SMARTS) is 1. The lowest BCUT2D eigenvalue weighted by molar-refractivity contribution is -0.133. The highest BCUT2D eigenvalue weighted by atomic mass is 32.2. The van der Waals surface area contributed by atoms with Crippen LogP contribution in [0.1, 0.15) is 38.1 Å². The monoisotopic (exact) mass is 242 g/mol. The number of thioether (sulfide) groups is 1. The average Bonchev–Trinajstić information content (AvgIpc) is 2.75. The molecule has 0 unspecified atom stereocenters. The Morgan fingerprint density at radius 3 is 2.88 bits per heavy atom. The van der Waals surface area contributed by atoms with Crippen LogP contribution < -0.4 is 0 Å². The zero-order valence-corrected chi connectivity index (χ0v) is 9.69. The van der Waals surface area contributed by atoms with Crippen LogP contribution in [0.3, 0.4) is 0 Å². The van der Waals surface area contributed by atoms with Crippen LogP contribution in [0.5, 0.6) is 0 Å². The predicted molar refractivity (Wildman–Crippen MR) is 58.3 cm³/mol. The lowest BCUT2D eigenvalue weighted by Gasteiger charge is -2.21. The van der Waals surface area contributed by atoms with Crippen LogP contribution in [0.2, 0.25) is 0 Å². The molecule has 0 aliphatic heterocycles. The fourth-order valence-corrected chi connectivity index (χ4v) is 2.63. The Labute approximate surface area is 97.4 Å². The Bertz CT molecular complexity index is 362. The summed E-state index contributed by atoms with van der Waals surface area (Å²) < 4.78 is 1.78. The topological polar surface area (TPSA) is 80.9 Å². The molecule has 1 aromatic heterocycles. The fourth-order valence-electron chi connectivity index (χ4n) is 1.96. The van der Waals surface area contributed by atoms with Gasteiger partial charge in [-0.15, -0.1) is 5.10 Å². The number of hydrogen-bond donors (Lipinski definition) is 1. The Hall–Kier alpha value is -1.11. The third-order valence-electron chi connectivity index (χ3n) is 2.71. The van der Waals surface area contributed by atoms with Gasteiger partial charge >= 0.3 is 5.97 Å². The minimum absolute atomic E-state index is 0.00704. The number of rotatable bonds is 4. The molecule has 88 valence electrons. The third kappa shape index (κ3) is 2.72. The zero-order valence-electron chi connectivity index (χ0n) is 8.87. The quantitative estimate of drug-likeness (QED) is 0.803. The molecule has 1 aromatic rings. The van der Waals surface area contributed by atoms with Crippen molar-refractivity contribution >= 4 is 17.7 Å². The first kappa shape index (κ1) is 11.4. The van der Waals surface area contributed by atoms with E-state index in [0.717, 1.165) is 12.8 Å². The molecular weight excluding hydrogens is 228 g/mol. The van der Waals surface area contributed by atoms with Crippen LogP contribution in [0, 0.1) is 0 Å². The second-order valence-corrected chi connectivity index (χ2v) is 4.82. The number of carboxylic acids is 1. The first-order valence-electron chi connectivity index (χ1n) is 5.40. The van der Waals surface area contributed by atoms with Crippen molar-refractivity contribution in [3.05, 3.63) is 0 Å².